The Morgan fingerprint density at radius 2 is 2.11 bits per heavy atom. The smallest absolute Gasteiger partial charge is 0.236 e. The summed E-state index contributed by atoms with van der Waals surface area (Å²) in [7, 11) is 5.55. The number of benzene rings is 1. The first-order chi connectivity index (χ1) is 16.9. The first-order valence-corrected chi connectivity index (χ1v) is 12.3. The molecule has 1 amide bonds. The maximum absolute atomic E-state index is 12.7. The van der Waals surface area contributed by atoms with Crippen LogP contribution < -0.4 is 4.74 Å². The maximum atomic E-state index is 12.7. The number of rotatable bonds is 6. The summed E-state index contributed by atoms with van der Waals surface area (Å²) in [4.78, 5) is 24.6. The molecular formula is C27H34N6O2. The molecule has 1 aliphatic rings. The van der Waals surface area contributed by atoms with Crippen LogP contribution in [0, 0.1) is 0 Å². The van der Waals surface area contributed by atoms with Gasteiger partial charge in [-0.25, -0.2) is 9.50 Å². The third-order valence-corrected chi connectivity index (χ3v) is 6.99. The fourth-order valence-corrected chi connectivity index (χ4v) is 5.34. The maximum Gasteiger partial charge on any atom is 0.236 e. The minimum Gasteiger partial charge on any atom is -0.493 e. The first kappa shape index (κ1) is 23.4. The van der Waals surface area contributed by atoms with Gasteiger partial charge in [0.15, 0.2) is 11.4 Å². The van der Waals surface area contributed by atoms with Crippen LogP contribution in [0.3, 0.4) is 0 Å². The van der Waals surface area contributed by atoms with Crippen LogP contribution in [0.1, 0.15) is 49.7 Å². The summed E-state index contributed by atoms with van der Waals surface area (Å²) in [5.74, 6) is 1.57. The average molecular weight is 475 g/mol. The molecule has 0 spiro atoms. The molecule has 5 rings (SSSR count). The van der Waals surface area contributed by atoms with Crippen LogP contribution in [-0.2, 0) is 4.79 Å². The Morgan fingerprint density at radius 3 is 2.86 bits per heavy atom. The van der Waals surface area contributed by atoms with Crippen LogP contribution in [0.25, 0.3) is 27.8 Å². The van der Waals surface area contributed by atoms with Gasteiger partial charge in [-0.2, -0.15) is 5.10 Å². The number of nitrogens with zero attached hydrogens (tertiary/aromatic N) is 5. The van der Waals surface area contributed by atoms with Crippen molar-refractivity contribution in [3.63, 3.8) is 0 Å². The lowest BCUT2D eigenvalue weighted by Crippen LogP contribution is -2.43. The molecular weight excluding hydrogens is 440 g/mol. The highest BCUT2D eigenvalue weighted by molar-refractivity contribution is 5.92. The van der Waals surface area contributed by atoms with Gasteiger partial charge >= 0.3 is 0 Å². The number of likely N-dealkylation sites (tertiary alicyclic amines) is 1. The van der Waals surface area contributed by atoms with Gasteiger partial charge in [0, 0.05) is 41.7 Å². The van der Waals surface area contributed by atoms with Crippen molar-refractivity contribution in [3.05, 3.63) is 47.9 Å². The number of carbonyl (C=O) groups is 1. The Bertz CT molecular complexity index is 1370. The van der Waals surface area contributed by atoms with Crippen LogP contribution in [0.15, 0.2) is 36.8 Å². The molecule has 1 unspecified atom stereocenters. The molecule has 0 aliphatic carbocycles. The summed E-state index contributed by atoms with van der Waals surface area (Å²) >= 11 is 0. The summed E-state index contributed by atoms with van der Waals surface area (Å²) in [5.41, 5.74) is 6.48. The molecule has 1 atom stereocenters. The Kier molecular flexibility index (Phi) is 6.23. The number of ether oxygens (including phenoxy) is 1. The van der Waals surface area contributed by atoms with Gasteiger partial charge in [0.1, 0.15) is 6.33 Å². The van der Waals surface area contributed by atoms with Crippen molar-refractivity contribution in [3.8, 4) is 17.0 Å². The number of hydrogen-bond donors (Lipinski definition) is 1. The molecule has 4 heterocycles. The molecule has 35 heavy (non-hydrogen) atoms. The van der Waals surface area contributed by atoms with Crippen molar-refractivity contribution in [2.24, 2.45) is 0 Å². The van der Waals surface area contributed by atoms with Gasteiger partial charge in [-0.15, -0.1) is 0 Å². The summed E-state index contributed by atoms with van der Waals surface area (Å²) in [6.07, 6.45) is 5.68. The highest BCUT2D eigenvalue weighted by Crippen LogP contribution is 2.39. The van der Waals surface area contributed by atoms with Gasteiger partial charge in [0.2, 0.25) is 5.91 Å². The zero-order valence-electron chi connectivity index (χ0n) is 21.2. The number of aromatic amines is 1. The van der Waals surface area contributed by atoms with Crippen molar-refractivity contribution < 1.29 is 9.53 Å². The fourth-order valence-electron chi connectivity index (χ4n) is 5.34. The SMILES string of the molecule is COc1cc(-c2[nH]c3ccc(C4CCCN(C(=O)CN(C)C)C4)cc3c2C(C)C)cn2ncnc12. The topological polar surface area (TPSA) is 78.8 Å². The number of likely N-dealkylation sites (N-methyl/N-ethyl adjacent to an activating group) is 1. The Labute approximate surface area is 205 Å². The highest BCUT2D eigenvalue weighted by atomic mass is 16.5. The highest BCUT2D eigenvalue weighted by Gasteiger charge is 2.26. The van der Waals surface area contributed by atoms with E-state index in [9.17, 15) is 4.79 Å². The third-order valence-electron chi connectivity index (χ3n) is 6.99. The van der Waals surface area contributed by atoms with E-state index in [4.69, 9.17) is 4.74 Å². The molecule has 1 aromatic carbocycles. The van der Waals surface area contributed by atoms with E-state index < -0.39 is 0 Å². The van der Waals surface area contributed by atoms with E-state index in [1.54, 1.807) is 18.0 Å². The van der Waals surface area contributed by atoms with E-state index >= 15 is 0 Å². The van der Waals surface area contributed by atoms with E-state index in [2.05, 4.69) is 47.1 Å². The van der Waals surface area contributed by atoms with Crippen molar-refractivity contribution in [1.29, 1.82) is 0 Å². The van der Waals surface area contributed by atoms with E-state index in [-0.39, 0.29) is 5.91 Å². The normalized spacial score (nSPS) is 16.7. The average Bonchev–Trinajstić information content (AvgIpc) is 3.47. The molecule has 0 bridgehead atoms. The van der Waals surface area contributed by atoms with Crippen LogP contribution in [-0.4, -0.2) is 76.1 Å². The Hall–Kier alpha value is -3.39. The van der Waals surface area contributed by atoms with Crippen LogP contribution in [0.2, 0.25) is 0 Å². The van der Waals surface area contributed by atoms with Crippen LogP contribution in [0.5, 0.6) is 5.75 Å². The van der Waals surface area contributed by atoms with Crippen molar-refractivity contribution in [2.75, 3.05) is 40.8 Å². The van der Waals surface area contributed by atoms with Crippen LogP contribution in [0.4, 0.5) is 0 Å². The number of hydrogen-bond acceptors (Lipinski definition) is 5. The second-order valence-corrected chi connectivity index (χ2v) is 10.1. The predicted octanol–water partition coefficient (Wildman–Crippen LogP) is 4.28. The van der Waals surface area contributed by atoms with E-state index in [1.807, 2.05) is 36.2 Å². The fraction of sp³-hybridized carbons (Fsp3) is 0.444. The standard InChI is InChI=1S/C27H34N6O2/c1-17(2)25-21-11-18(19-7-6-10-32(13-19)24(34)15-31(3)4)8-9-22(21)30-26(25)20-12-23(35-5)27-28-16-29-33(27)14-20/h8-9,11-12,14,16-17,19,30H,6-7,10,13,15H2,1-5H3. The van der Waals surface area contributed by atoms with Crippen molar-refractivity contribution in [1.82, 2.24) is 29.4 Å². The summed E-state index contributed by atoms with van der Waals surface area (Å²) < 4.78 is 7.36. The van der Waals surface area contributed by atoms with Crippen LogP contribution >= 0.6 is 0 Å². The second-order valence-electron chi connectivity index (χ2n) is 10.1. The van der Waals surface area contributed by atoms with E-state index in [1.165, 1.54) is 16.5 Å². The number of methoxy groups -OCH3 is 1. The number of pyridine rings is 1. The van der Waals surface area contributed by atoms with Gasteiger partial charge < -0.3 is 19.5 Å². The van der Waals surface area contributed by atoms with Gasteiger partial charge in [-0.1, -0.05) is 19.9 Å². The molecule has 8 heteroatoms. The first-order valence-electron chi connectivity index (χ1n) is 12.3. The number of nitrogens with one attached hydrogen (secondary N) is 1. The monoisotopic (exact) mass is 474 g/mol. The zero-order chi connectivity index (χ0) is 24.7. The molecule has 1 saturated heterocycles. The molecule has 0 saturated carbocycles. The quantitative estimate of drug-likeness (QED) is 0.451. The lowest BCUT2D eigenvalue weighted by atomic mass is 9.88. The van der Waals surface area contributed by atoms with E-state index in [0.29, 0.717) is 29.8 Å². The largest absolute Gasteiger partial charge is 0.493 e. The summed E-state index contributed by atoms with van der Waals surface area (Å²) in [6, 6.07) is 8.77. The lowest BCUT2D eigenvalue weighted by molar-refractivity contribution is -0.133. The summed E-state index contributed by atoms with van der Waals surface area (Å²) in [6.45, 7) is 6.55. The number of carbonyl (C=O) groups excluding carboxylic acids is 1. The van der Waals surface area contributed by atoms with Gasteiger partial charge in [0.25, 0.3) is 0 Å². The number of amides is 1. The molecule has 184 valence electrons. The minimum atomic E-state index is 0.213. The lowest BCUT2D eigenvalue weighted by Gasteiger charge is -2.33. The van der Waals surface area contributed by atoms with Gasteiger partial charge in [-0.05, 0) is 62.2 Å². The molecule has 4 aromatic rings. The molecule has 8 nitrogen and oxygen atoms in total. The van der Waals surface area contributed by atoms with Gasteiger partial charge in [-0.3, -0.25) is 4.79 Å². The predicted molar refractivity (Wildman–Crippen MR) is 138 cm³/mol. The molecule has 0 radical (unpaired) electrons. The second kappa shape index (κ2) is 9.34. The number of H-pyrrole nitrogens is 1. The van der Waals surface area contributed by atoms with Crippen molar-refractivity contribution >= 4 is 22.5 Å². The minimum absolute atomic E-state index is 0.213. The Balaban J connectivity index is 1.54. The summed E-state index contributed by atoms with van der Waals surface area (Å²) in [5, 5.41) is 5.57. The molecule has 1 N–H and O–H groups in total. The van der Waals surface area contributed by atoms with Crippen molar-refractivity contribution in [2.45, 2.75) is 38.5 Å². The Morgan fingerprint density at radius 1 is 1.29 bits per heavy atom. The van der Waals surface area contributed by atoms with E-state index in [0.717, 1.165) is 42.7 Å². The third kappa shape index (κ3) is 4.38. The number of piperidine rings is 1. The molecule has 1 aliphatic heterocycles. The molecule has 3 aromatic heterocycles. The van der Waals surface area contributed by atoms with Gasteiger partial charge in [0.05, 0.1) is 19.3 Å². The number of fused-ring (bicyclic) bond motifs is 2. The zero-order valence-corrected chi connectivity index (χ0v) is 21.2. The number of aromatic nitrogens is 4. The molecule has 1 fully saturated rings.